The monoisotopic (exact) mass is 377 g/mol. The molecule has 2 N–H and O–H groups in total. The molecule has 1 aliphatic rings. The first-order chi connectivity index (χ1) is 12.9. The average molecular weight is 378 g/mol. The molecule has 4 rings (SSSR count). The van der Waals surface area contributed by atoms with Crippen molar-refractivity contribution in [3.05, 3.63) is 75.9 Å². The molecule has 2 aromatic carbocycles. The van der Waals surface area contributed by atoms with E-state index in [-0.39, 0.29) is 5.41 Å². The third-order valence-corrected chi connectivity index (χ3v) is 5.93. The van der Waals surface area contributed by atoms with Crippen LogP contribution in [0.1, 0.15) is 35.2 Å². The molecule has 0 bridgehead atoms. The van der Waals surface area contributed by atoms with Crippen LogP contribution in [0.2, 0.25) is 5.02 Å². The predicted octanol–water partition coefficient (Wildman–Crippen LogP) is 5.56. The van der Waals surface area contributed by atoms with Crippen molar-refractivity contribution in [3.63, 3.8) is 0 Å². The lowest BCUT2D eigenvalue weighted by atomic mass is 9.91. The average Bonchev–Trinajstić information content (AvgIpc) is 3.38. The Kier molecular flexibility index (Phi) is 4.65. The lowest BCUT2D eigenvalue weighted by Crippen LogP contribution is -2.12. The molecule has 1 saturated carbocycles. The van der Waals surface area contributed by atoms with Gasteiger partial charge in [-0.3, -0.25) is 0 Å². The minimum atomic E-state index is 0.285. The number of anilines is 1. The molecule has 0 atom stereocenters. The van der Waals surface area contributed by atoms with Crippen LogP contribution < -0.4 is 5.73 Å². The maximum atomic E-state index is 6.06. The topological polar surface area (TPSA) is 51.8 Å². The van der Waals surface area contributed by atoms with Crippen LogP contribution in [0, 0.1) is 19.3 Å². The molecule has 0 aliphatic heterocycles. The van der Waals surface area contributed by atoms with Crippen LogP contribution >= 0.6 is 11.6 Å². The van der Waals surface area contributed by atoms with Crippen LogP contribution in [0.4, 0.5) is 5.95 Å². The second kappa shape index (κ2) is 6.97. The van der Waals surface area contributed by atoms with Crippen LogP contribution in [0.3, 0.4) is 0 Å². The molecule has 0 saturated heterocycles. The molecular weight excluding hydrogens is 354 g/mol. The van der Waals surface area contributed by atoms with E-state index in [1.807, 2.05) is 12.1 Å². The summed E-state index contributed by atoms with van der Waals surface area (Å²) in [5, 5.41) is 0.783. The van der Waals surface area contributed by atoms with Gasteiger partial charge in [0.15, 0.2) is 0 Å². The Bertz CT molecular complexity index is 975. The van der Waals surface area contributed by atoms with E-state index in [4.69, 9.17) is 17.3 Å². The maximum absolute atomic E-state index is 6.06. The summed E-state index contributed by atoms with van der Waals surface area (Å²) >= 11 is 6.01. The smallest absolute Gasteiger partial charge is 0.220 e. The van der Waals surface area contributed by atoms with Crippen molar-refractivity contribution in [2.45, 2.75) is 39.5 Å². The highest BCUT2D eigenvalue weighted by Gasteiger charge is 2.42. The number of benzene rings is 2. The molecule has 0 amide bonds. The minimum absolute atomic E-state index is 0.285. The summed E-state index contributed by atoms with van der Waals surface area (Å²) in [6.45, 7) is 4.25. The van der Waals surface area contributed by atoms with Crippen LogP contribution in [-0.2, 0) is 12.8 Å². The molecule has 1 heterocycles. The number of nitrogens with zero attached hydrogens (tertiary/aromatic N) is 2. The quantitative estimate of drug-likeness (QED) is 0.633. The summed E-state index contributed by atoms with van der Waals surface area (Å²) in [4.78, 5) is 9.04. The van der Waals surface area contributed by atoms with Gasteiger partial charge < -0.3 is 5.73 Å². The van der Waals surface area contributed by atoms with Crippen molar-refractivity contribution < 1.29 is 0 Å². The summed E-state index contributed by atoms with van der Waals surface area (Å²) in [6, 6.07) is 16.6. The second-order valence-corrected chi connectivity index (χ2v) is 8.27. The van der Waals surface area contributed by atoms with E-state index in [9.17, 15) is 0 Å². The van der Waals surface area contributed by atoms with E-state index < -0.39 is 0 Å². The van der Waals surface area contributed by atoms with Crippen molar-refractivity contribution >= 4 is 17.5 Å². The van der Waals surface area contributed by atoms with E-state index in [0.29, 0.717) is 5.95 Å². The second-order valence-electron chi connectivity index (χ2n) is 7.83. The van der Waals surface area contributed by atoms with Gasteiger partial charge in [-0.05, 0) is 79.8 Å². The Morgan fingerprint density at radius 3 is 2.44 bits per heavy atom. The Morgan fingerprint density at radius 2 is 1.74 bits per heavy atom. The van der Waals surface area contributed by atoms with Crippen LogP contribution in [0.25, 0.3) is 11.3 Å². The first-order valence-corrected chi connectivity index (χ1v) is 9.76. The van der Waals surface area contributed by atoms with Crippen molar-refractivity contribution in [3.8, 4) is 11.3 Å². The first kappa shape index (κ1) is 18.0. The van der Waals surface area contributed by atoms with Crippen molar-refractivity contribution in [2.24, 2.45) is 5.41 Å². The molecule has 3 nitrogen and oxygen atoms in total. The van der Waals surface area contributed by atoms with Crippen molar-refractivity contribution in [1.82, 2.24) is 9.97 Å². The molecule has 1 aromatic heterocycles. The summed E-state index contributed by atoms with van der Waals surface area (Å²) in [5.74, 6) is 0.352. The highest BCUT2D eigenvalue weighted by Crippen LogP contribution is 2.51. The zero-order valence-electron chi connectivity index (χ0n) is 15.8. The third kappa shape index (κ3) is 3.98. The number of aryl methyl sites for hydroxylation is 1. The molecule has 4 heteroatoms. The van der Waals surface area contributed by atoms with E-state index >= 15 is 0 Å². The van der Waals surface area contributed by atoms with Crippen molar-refractivity contribution in [2.75, 3.05) is 5.73 Å². The lowest BCUT2D eigenvalue weighted by molar-refractivity contribution is 0.497. The summed E-state index contributed by atoms with van der Waals surface area (Å²) in [7, 11) is 0. The number of halogens is 1. The van der Waals surface area contributed by atoms with Gasteiger partial charge in [-0.15, -0.1) is 0 Å². The van der Waals surface area contributed by atoms with Gasteiger partial charge in [-0.2, -0.15) is 0 Å². The van der Waals surface area contributed by atoms with Gasteiger partial charge in [0, 0.05) is 16.3 Å². The van der Waals surface area contributed by atoms with Gasteiger partial charge in [0.1, 0.15) is 0 Å². The van der Waals surface area contributed by atoms with Crippen LogP contribution in [-0.4, -0.2) is 9.97 Å². The highest BCUT2D eigenvalue weighted by molar-refractivity contribution is 6.30. The SMILES string of the molecule is Cc1cccc(-c2cc(CC3(Cc4ccc(Cl)cc4)CC3)nc(N)n2)c1C. The fourth-order valence-corrected chi connectivity index (χ4v) is 3.91. The number of nitrogen functional groups attached to an aromatic ring is 1. The molecule has 27 heavy (non-hydrogen) atoms. The first-order valence-electron chi connectivity index (χ1n) is 9.39. The van der Waals surface area contributed by atoms with Gasteiger partial charge in [0.2, 0.25) is 5.95 Å². The molecule has 0 radical (unpaired) electrons. The predicted molar refractivity (Wildman–Crippen MR) is 112 cm³/mol. The lowest BCUT2D eigenvalue weighted by Gasteiger charge is -2.16. The number of rotatable bonds is 5. The Balaban J connectivity index is 1.60. The molecule has 3 aromatic rings. The summed E-state index contributed by atoms with van der Waals surface area (Å²) in [6.07, 6.45) is 4.42. The molecule has 0 unspecified atom stereocenters. The van der Waals surface area contributed by atoms with E-state index in [2.05, 4.69) is 60.2 Å². The highest BCUT2D eigenvalue weighted by atomic mass is 35.5. The van der Waals surface area contributed by atoms with E-state index in [0.717, 1.165) is 34.8 Å². The molecule has 0 spiro atoms. The zero-order valence-corrected chi connectivity index (χ0v) is 16.6. The zero-order chi connectivity index (χ0) is 19.0. The molecule has 138 valence electrons. The number of hydrogen-bond donors (Lipinski definition) is 1. The van der Waals surface area contributed by atoms with E-state index in [1.54, 1.807) is 0 Å². The number of nitrogens with two attached hydrogens (primary N) is 1. The Hall–Kier alpha value is -2.39. The standard InChI is InChI=1S/C23H24ClN3/c1-15-4-3-5-20(16(15)2)21-12-19(26-22(25)27-21)14-23(10-11-23)13-17-6-8-18(24)9-7-17/h3-9,12H,10-11,13-14H2,1-2H3,(H2,25,26,27). The number of hydrogen-bond acceptors (Lipinski definition) is 3. The molecule has 1 fully saturated rings. The van der Waals surface area contributed by atoms with Gasteiger partial charge in [0.05, 0.1) is 5.69 Å². The molecule has 1 aliphatic carbocycles. The minimum Gasteiger partial charge on any atom is -0.368 e. The van der Waals surface area contributed by atoms with Gasteiger partial charge in [-0.1, -0.05) is 41.9 Å². The van der Waals surface area contributed by atoms with Crippen molar-refractivity contribution in [1.29, 1.82) is 0 Å². The van der Waals surface area contributed by atoms with Gasteiger partial charge in [-0.25, -0.2) is 9.97 Å². The Labute approximate surface area is 165 Å². The normalized spacial score (nSPS) is 14.9. The number of aromatic nitrogens is 2. The third-order valence-electron chi connectivity index (χ3n) is 5.68. The maximum Gasteiger partial charge on any atom is 0.220 e. The molecular formula is C23H24ClN3. The fraction of sp³-hybridized carbons (Fsp3) is 0.304. The van der Waals surface area contributed by atoms with Crippen LogP contribution in [0.5, 0.6) is 0 Å². The Morgan fingerprint density at radius 1 is 1.00 bits per heavy atom. The summed E-state index contributed by atoms with van der Waals surface area (Å²) in [5.41, 5.74) is 13.2. The van der Waals surface area contributed by atoms with E-state index in [1.165, 1.54) is 29.5 Å². The van der Waals surface area contributed by atoms with Gasteiger partial charge >= 0.3 is 0 Å². The van der Waals surface area contributed by atoms with Gasteiger partial charge in [0.25, 0.3) is 0 Å². The largest absolute Gasteiger partial charge is 0.368 e. The fourth-order valence-electron chi connectivity index (χ4n) is 3.79. The van der Waals surface area contributed by atoms with Crippen LogP contribution in [0.15, 0.2) is 48.5 Å². The summed E-state index contributed by atoms with van der Waals surface area (Å²) < 4.78 is 0.